The van der Waals surface area contributed by atoms with Crippen molar-refractivity contribution in [2.75, 3.05) is 20.6 Å². The molecule has 0 aliphatic heterocycles. The molecule has 0 fully saturated rings. The van der Waals surface area contributed by atoms with Crippen LogP contribution in [0.4, 0.5) is 0 Å². The van der Waals surface area contributed by atoms with Gasteiger partial charge in [0.25, 0.3) is 0 Å². The molecule has 1 amide bonds. The molecule has 0 bridgehead atoms. The van der Waals surface area contributed by atoms with Crippen molar-refractivity contribution in [3.8, 4) is 0 Å². The van der Waals surface area contributed by atoms with Gasteiger partial charge in [0.1, 0.15) is 6.04 Å². The Bertz CT molecular complexity index is 327. The highest BCUT2D eigenvalue weighted by Crippen LogP contribution is 2.06. The van der Waals surface area contributed by atoms with Crippen LogP contribution in [0.1, 0.15) is 51.9 Å². The second-order valence-electron chi connectivity index (χ2n) is 5.44. The molecule has 0 aromatic heterocycles. The first-order valence-corrected chi connectivity index (χ1v) is 7.80. The predicted octanol–water partition coefficient (Wildman–Crippen LogP) is 2.42. The highest BCUT2D eigenvalue weighted by molar-refractivity contribution is 5.75. The molecule has 0 aliphatic carbocycles. The average Bonchev–Trinajstić information content (AvgIpc) is 2.41. The van der Waals surface area contributed by atoms with Crippen molar-refractivity contribution in [1.29, 1.82) is 0 Å². The number of amides is 1. The maximum atomic E-state index is 11.6. The molecule has 21 heavy (non-hydrogen) atoms. The van der Waals surface area contributed by atoms with Crippen molar-refractivity contribution in [2.24, 2.45) is 0 Å². The molecule has 0 radical (unpaired) electrons. The van der Waals surface area contributed by atoms with E-state index >= 15 is 0 Å². The molecule has 0 saturated carbocycles. The van der Waals surface area contributed by atoms with E-state index in [-0.39, 0.29) is 5.91 Å². The molecule has 0 saturated heterocycles. The number of nitrogens with zero attached hydrogens (tertiary/aromatic N) is 1. The summed E-state index contributed by atoms with van der Waals surface area (Å²) in [6.07, 6.45) is 9.88. The fourth-order valence-corrected chi connectivity index (χ4v) is 2.05. The Kier molecular flexibility index (Phi) is 11.6. The Labute approximate surface area is 128 Å². The number of rotatable bonds is 12. The van der Waals surface area contributed by atoms with Gasteiger partial charge >= 0.3 is 5.97 Å². The third-order valence-corrected chi connectivity index (χ3v) is 3.31. The molecular formula is C16H30N2O3. The summed E-state index contributed by atoms with van der Waals surface area (Å²) in [5, 5.41) is 11.9. The Balaban J connectivity index is 3.59. The first-order chi connectivity index (χ1) is 9.99. The van der Waals surface area contributed by atoms with Crippen molar-refractivity contribution >= 4 is 11.9 Å². The van der Waals surface area contributed by atoms with Crippen LogP contribution in [0.25, 0.3) is 0 Å². The van der Waals surface area contributed by atoms with Gasteiger partial charge in [-0.2, -0.15) is 0 Å². The van der Waals surface area contributed by atoms with Gasteiger partial charge in [-0.05, 0) is 52.6 Å². The van der Waals surface area contributed by atoms with Crippen molar-refractivity contribution in [1.82, 2.24) is 10.2 Å². The van der Waals surface area contributed by atoms with Gasteiger partial charge in [-0.1, -0.05) is 19.1 Å². The van der Waals surface area contributed by atoms with E-state index in [0.717, 1.165) is 32.1 Å². The van der Waals surface area contributed by atoms with E-state index in [2.05, 4.69) is 24.4 Å². The van der Waals surface area contributed by atoms with Gasteiger partial charge in [0.15, 0.2) is 0 Å². The zero-order valence-corrected chi connectivity index (χ0v) is 13.6. The Morgan fingerprint density at radius 3 is 2.48 bits per heavy atom. The second kappa shape index (κ2) is 12.4. The van der Waals surface area contributed by atoms with Crippen LogP contribution in [0, 0.1) is 0 Å². The number of hydrogen-bond acceptors (Lipinski definition) is 3. The first-order valence-electron chi connectivity index (χ1n) is 7.80. The number of aliphatic carboxylic acids is 1. The molecule has 0 aromatic rings. The zero-order chi connectivity index (χ0) is 16.1. The van der Waals surface area contributed by atoms with Crippen LogP contribution in [0.15, 0.2) is 12.2 Å². The first kappa shape index (κ1) is 19.6. The number of allylic oxidation sites excluding steroid dienone is 2. The summed E-state index contributed by atoms with van der Waals surface area (Å²) in [6.45, 7) is 2.72. The number of hydrogen-bond donors (Lipinski definition) is 2. The zero-order valence-electron chi connectivity index (χ0n) is 13.6. The summed E-state index contributed by atoms with van der Waals surface area (Å²) in [5.74, 6) is -0.702. The lowest BCUT2D eigenvalue weighted by Gasteiger charge is -2.19. The van der Waals surface area contributed by atoms with Crippen LogP contribution >= 0.6 is 0 Å². The van der Waals surface area contributed by atoms with E-state index in [1.165, 1.54) is 0 Å². The lowest BCUT2D eigenvalue weighted by atomic mass is 10.1. The highest BCUT2D eigenvalue weighted by Gasteiger charge is 2.18. The molecule has 0 spiro atoms. The van der Waals surface area contributed by atoms with Crippen LogP contribution in [0.5, 0.6) is 0 Å². The second-order valence-corrected chi connectivity index (χ2v) is 5.44. The monoisotopic (exact) mass is 298 g/mol. The molecule has 0 heterocycles. The molecule has 0 rings (SSSR count). The minimum absolute atomic E-state index is 0.0855. The Morgan fingerprint density at radius 2 is 1.90 bits per heavy atom. The summed E-state index contributed by atoms with van der Waals surface area (Å²) >= 11 is 0. The lowest BCUT2D eigenvalue weighted by molar-refractivity contribution is -0.142. The number of unbranched alkanes of at least 4 members (excludes halogenated alkanes) is 2. The van der Waals surface area contributed by atoms with Gasteiger partial charge < -0.3 is 10.4 Å². The van der Waals surface area contributed by atoms with Crippen LogP contribution < -0.4 is 5.32 Å². The topological polar surface area (TPSA) is 69.6 Å². The smallest absolute Gasteiger partial charge is 0.320 e. The van der Waals surface area contributed by atoms with E-state index < -0.39 is 12.0 Å². The fourth-order valence-electron chi connectivity index (χ4n) is 2.05. The molecule has 1 atom stereocenters. The number of nitrogens with one attached hydrogen (secondary N) is 1. The van der Waals surface area contributed by atoms with E-state index in [4.69, 9.17) is 5.11 Å². The Morgan fingerprint density at radius 1 is 1.19 bits per heavy atom. The van der Waals surface area contributed by atoms with Crippen LogP contribution in [0.2, 0.25) is 0 Å². The predicted molar refractivity (Wildman–Crippen MR) is 85.3 cm³/mol. The van der Waals surface area contributed by atoms with Crippen molar-refractivity contribution < 1.29 is 14.7 Å². The molecule has 5 nitrogen and oxygen atoms in total. The summed E-state index contributed by atoms with van der Waals surface area (Å²) in [6, 6.07) is -0.439. The molecule has 2 N–H and O–H groups in total. The number of carboxylic acids is 1. The van der Waals surface area contributed by atoms with Crippen LogP contribution in [0.3, 0.4) is 0 Å². The Hall–Kier alpha value is -1.36. The third-order valence-electron chi connectivity index (χ3n) is 3.31. The van der Waals surface area contributed by atoms with Gasteiger partial charge in [-0.3, -0.25) is 14.5 Å². The highest BCUT2D eigenvalue weighted by atomic mass is 16.4. The largest absolute Gasteiger partial charge is 0.480 e. The number of carboxylic acid groups (broad SMARTS) is 1. The van der Waals surface area contributed by atoms with Crippen LogP contribution in [-0.4, -0.2) is 48.6 Å². The molecule has 0 aromatic carbocycles. The van der Waals surface area contributed by atoms with Gasteiger partial charge in [0.05, 0.1) is 0 Å². The normalized spacial score (nSPS) is 12.8. The molecule has 5 heteroatoms. The standard InChI is InChI=1S/C16H30N2O3/c1-4-5-6-7-8-12-15(19)17-13-10-9-11-14(16(20)21)18(2)3/h5-6,14H,4,7-13H2,1-3H3,(H,17,19)(H,20,21)/b6-5+/t14-/m0/s1. The molecule has 0 unspecified atom stereocenters. The number of carbonyl (C=O) groups excluding carboxylic acids is 1. The SMILES string of the molecule is CC/C=C/CCCC(=O)NCCCC[C@@H](C(=O)O)N(C)C. The molecule has 122 valence electrons. The lowest BCUT2D eigenvalue weighted by Crippen LogP contribution is -2.35. The van der Waals surface area contributed by atoms with E-state index in [9.17, 15) is 9.59 Å². The average molecular weight is 298 g/mol. The number of likely N-dealkylation sites (N-methyl/N-ethyl adjacent to an activating group) is 1. The van der Waals surface area contributed by atoms with Gasteiger partial charge in [0, 0.05) is 13.0 Å². The van der Waals surface area contributed by atoms with E-state index in [1.807, 2.05) is 0 Å². The summed E-state index contributed by atoms with van der Waals surface area (Å²) in [7, 11) is 3.54. The maximum Gasteiger partial charge on any atom is 0.320 e. The van der Waals surface area contributed by atoms with Crippen molar-refractivity contribution in [2.45, 2.75) is 57.9 Å². The number of carbonyl (C=O) groups is 2. The summed E-state index contributed by atoms with van der Waals surface area (Å²) in [4.78, 5) is 24.3. The summed E-state index contributed by atoms with van der Waals surface area (Å²) in [5.41, 5.74) is 0. The minimum Gasteiger partial charge on any atom is -0.480 e. The minimum atomic E-state index is -0.788. The third kappa shape index (κ3) is 11.0. The molecule has 0 aliphatic rings. The molecular weight excluding hydrogens is 268 g/mol. The fraction of sp³-hybridized carbons (Fsp3) is 0.750. The maximum absolute atomic E-state index is 11.6. The van der Waals surface area contributed by atoms with Crippen LogP contribution in [-0.2, 0) is 9.59 Å². The quantitative estimate of drug-likeness (QED) is 0.429. The van der Waals surface area contributed by atoms with Gasteiger partial charge in [-0.15, -0.1) is 0 Å². The van der Waals surface area contributed by atoms with Gasteiger partial charge in [-0.25, -0.2) is 0 Å². The van der Waals surface area contributed by atoms with Crippen molar-refractivity contribution in [3.05, 3.63) is 12.2 Å². The van der Waals surface area contributed by atoms with E-state index in [1.54, 1.807) is 19.0 Å². The van der Waals surface area contributed by atoms with Gasteiger partial charge in [0.2, 0.25) is 5.91 Å². The summed E-state index contributed by atoms with van der Waals surface area (Å²) < 4.78 is 0. The van der Waals surface area contributed by atoms with Crippen molar-refractivity contribution in [3.63, 3.8) is 0 Å². The van der Waals surface area contributed by atoms with E-state index in [0.29, 0.717) is 19.4 Å².